The van der Waals surface area contributed by atoms with Crippen molar-refractivity contribution in [1.29, 1.82) is 0 Å². The fraction of sp³-hybridized carbons (Fsp3) is 0.353. The number of hydrazone groups is 1. The van der Waals surface area contributed by atoms with Crippen LogP contribution in [0.5, 0.6) is 11.5 Å². The van der Waals surface area contributed by atoms with Crippen molar-refractivity contribution in [2.24, 2.45) is 5.10 Å². The van der Waals surface area contributed by atoms with Crippen molar-refractivity contribution in [3.8, 4) is 11.5 Å². The van der Waals surface area contributed by atoms with E-state index in [1.165, 1.54) is 18.4 Å². The van der Waals surface area contributed by atoms with E-state index in [0.717, 1.165) is 23.1 Å². The largest absolute Gasteiger partial charge is 0.493 e. The van der Waals surface area contributed by atoms with Crippen molar-refractivity contribution in [2.75, 3.05) is 32.2 Å². The first-order valence-electron chi connectivity index (χ1n) is 7.89. The van der Waals surface area contributed by atoms with Crippen molar-refractivity contribution in [1.82, 2.24) is 10.4 Å². The van der Waals surface area contributed by atoms with Gasteiger partial charge in [0.05, 0.1) is 25.3 Å². The molecule has 8 heteroatoms. The summed E-state index contributed by atoms with van der Waals surface area (Å²) < 4.78 is 10.3. The molecular formula is C17H22N4O3S. The predicted molar refractivity (Wildman–Crippen MR) is 100 cm³/mol. The fourth-order valence-corrected chi connectivity index (χ4v) is 3.09. The van der Waals surface area contributed by atoms with Crippen LogP contribution in [0.1, 0.15) is 29.1 Å². The molecule has 1 heterocycles. The van der Waals surface area contributed by atoms with Gasteiger partial charge in [0.25, 0.3) is 5.91 Å². The quantitative estimate of drug-likeness (QED) is 0.577. The average Bonchev–Trinajstić information content (AvgIpc) is 3.10. The molecule has 1 amide bonds. The second kappa shape index (κ2) is 9.03. The van der Waals surface area contributed by atoms with Gasteiger partial charge >= 0.3 is 0 Å². The van der Waals surface area contributed by atoms with E-state index in [-0.39, 0.29) is 5.91 Å². The number of nitrogens with zero attached hydrogens (tertiary/aromatic N) is 3. The van der Waals surface area contributed by atoms with Crippen molar-refractivity contribution in [2.45, 2.75) is 13.8 Å². The lowest BCUT2D eigenvalue weighted by atomic mass is 10.2. The molecule has 1 aromatic heterocycles. The maximum absolute atomic E-state index is 12.2. The standard InChI is InChI=1S/C17H22N4O3S/c1-5-21(6-2)17-18-10-13(25-17)11-19-20-16(22)12-7-8-14(23-3)15(9-12)24-4/h7-11H,5-6H2,1-4H3,(H,20,22)/b19-11-. The van der Waals surface area contributed by atoms with Gasteiger partial charge < -0.3 is 14.4 Å². The molecule has 0 saturated heterocycles. The molecule has 0 bridgehead atoms. The van der Waals surface area contributed by atoms with Crippen LogP contribution in [0.15, 0.2) is 29.5 Å². The van der Waals surface area contributed by atoms with Gasteiger partial charge in [-0.3, -0.25) is 4.79 Å². The number of thiazole rings is 1. The number of aromatic nitrogens is 1. The zero-order valence-corrected chi connectivity index (χ0v) is 15.6. The van der Waals surface area contributed by atoms with Gasteiger partial charge in [-0.15, -0.1) is 0 Å². The van der Waals surface area contributed by atoms with Gasteiger partial charge in [0.2, 0.25) is 0 Å². The molecule has 0 unspecified atom stereocenters. The molecule has 1 N–H and O–H groups in total. The molecule has 2 rings (SSSR count). The molecule has 0 aliphatic carbocycles. The SMILES string of the molecule is CCN(CC)c1ncc(/C=N\NC(=O)c2ccc(OC)c(OC)c2)s1. The zero-order chi connectivity index (χ0) is 18.2. The maximum atomic E-state index is 12.2. The van der Waals surface area contributed by atoms with Gasteiger partial charge in [0.1, 0.15) is 0 Å². The first-order valence-corrected chi connectivity index (χ1v) is 8.70. The van der Waals surface area contributed by atoms with E-state index in [1.54, 1.807) is 37.7 Å². The number of carbonyl (C=O) groups excluding carboxylic acids is 1. The average molecular weight is 362 g/mol. The fourth-order valence-electron chi connectivity index (χ4n) is 2.17. The van der Waals surface area contributed by atoms with Crippen LogP contribution in [0.3, 0.4) is 0 Å². The Hall–Kier alpha value is -2.61. The zero-order valence-electron chi connectivity index (χ0n) is 14.8. The highest BCUT2D eigenvalue weighted by molar-refractivity contribution is 7.17. The molecule has 134 valence electrons. The smallest absolute Gasteiger partial charge is 0.271 e. The Morgan fingerprint density at radius 2 is 2.00 bits per heavy atom. The van der Waals surface area contributed by atoms with Crippen molar-refractivity contribution in [3.63, 3.8) is 0 Å². The van der Waals surface area contributed by atoms with Gasteiger partial charge in [0.15, 0.2) is 16.6 Å². The van der Waals surface area contributed by atoms with Gasteiger partial charge in [-0.1, -0.05) is 11.3 Å². The minimum atomic E-state index is -0.328. The van der Waals surface area contributed by atoms with Crippen molar-refractivity contribution >= 4 is 28.6 Å². The van der Waals surface area contributed by atoms with Gasteiger partial charge in [-0.25, -0.2) is 10.4 Å². The highest BCUT2D eigenvalue weighted by atomic mass is 32.1. The van der Waals surface area contributed by atoms with E-state index in [1.807, 2.05) is 0 Å². The summed E-state index contributed by atoms with van der Waals surface area (Å²) in [6, 6.07) is 4.93. The summed E-state index contributed by atoms with van der Waals surface area (Å²) in [5.74, 6) is 0.729. The summed E-state index contributed by atoms with van der Waals surface area (Å²) in [5, 5.41) is 4.94. The lowest BCUT2D eigenvalue weighted by Crippen LogP contribution is -2.21. The third-order valence-electron chi connectivity index (χ3n) is 3.55. The van der Waals surface area contributed by atoms with E-state index < -0.39 is 0 Å². The molecule has 0 aliphatic rings. The van der Waals surface area contributed by atoms with Gasteiger partial charge in [-0.2, -0.15) is 5.10 Å². The Balaban J connectivity index is 2.01. The number of amides is 1. The molecule has 0 atom stereocenters. The highest BCUT2D eigenvalue weighted by Gasteiger charge is 2.10. The molecule has 1 aromatic carbocycles. The van der Waals surface area contributed by atoms with E-state index >= 15 is 0 Å². The molecule has 0 saturated carbocycles. The summed E-state index contributed by atoms with van der Waals surface area (Å²) in [5.41, 5.74) is 2.94. The normalized spacial score (nSPS) is 10.7. The van der Waals surface area contributed by atoms with Crippen LogP contribution < -0.4 is 19.8 Å². The lowest BCUT2D eigenvalue weighted by molar-refractivity contribution is 0.0954. The summed E-state index contributed by atoms with van der Waals surface area (Å²) in [6.07, 6.45) is 3.33. The Morgan fingerprint density at radius 3 is 2.64 bits per heavy atom. The second-order valence-corrected chi connectivity index (χ2v) is 6.03. The third kappa shape index (κ3) is 4.69. The number of hydrogen-bond acceptors (Lipinski definition) is 7. The second-order valence-electron chi connectivity index (χ2n) is 4.99. The number of nitrogens with one attached hydrogen (secondary N) is 1. The molecule has 0 aliphatic heterocycles. The van der Waals surface area contributed by atoms with Crippen molar-refractivity contribution < 1.29 is 14.3 Å². The van der Waals surface area contributed by atoms with Gasteiger partial charge in [0, 0.05) is 24.8 Å². The Bertz CT molecular complexity index is 741. The number of anilines is 1. The topological polar surface area (TPSA) is 76.1 Å². The number of benzene rings is 1. The third-order valence-corrected chi connectivity index (χ3v) is 4.54. The molecule has 0 spiro atoms. The van der Waals surface area contributed by atoms with Crippen LogP contribution >= 0.6 is 11.3 Å². The molecule has 7 nitrogen and oxygen atoms in total. The number of carbonyl (C=O) groups is 1. The number of hydrogen-bond donors (Lipinski definition) is 1. The van der Waals surface area contributed by atoms with Crippen molar-refractivity contribution in [3.05, 3.63) is 34.8 Å². The van der Waals surface area contributed by atoms with Crippen LogP contribution in [-0.4, -0.2) is 44.4 Å². The minimum absolute atomic E-state index is 0.328. The van der Waals surface area contributed by atoms with E-state index in [2.05, 4.69) is 34.3 Å². The minimum Gasteiger partial charge on any atom is -0.493 e. The number of ether oxygens (including phenoxy) is 2. The predicted octanol–water partition coefficient (Wildman–Crippen LogP) is 2.77. The molecule has 0 fully saturated rings. The Morgan fingerprint density at radius 1 is 1.28 bits per heavy atom. The van der Waals surface area contributed by atoms with Crippen LogP contribution in [0.25, 0.3) is 0 Å². The number of rotatable bonds is 8. The van der Waals surface area contributed by atoms with E-state index in [4.69, 9.17) is 9.47 Å². The van der Waals surface area contributed by atoms with Crippen LogP contribution in [0.4, 0.5) is 5.13 Å². The Kier molecular flexibility index (Phi) is 6.76. The molecule has 2 aromatic rings. The van der Waals surface area contributed by atoms with E-state index in [0.29, 0.717) is 17.1 Å². The summed E-state index contributed by atoms with van der Waals surface area (Å²) in [7, 11) is 3.07. The highest BCUT2D eigenvalue weighted by Crippen LogP contribution is 2.27. The first kappa shape index (κ1) is 18.7. The summed E-state index contributed by atoms with van der Waals surface area (Å²) in [6.45, 7) is 5.97. The van der Waals surface area contributed by atoms with Gasteiger partial charge in [-0.05, 0) is 32.0 Å². The number of methoxy groups -OCH3 is 2. The monoisotopic (exact) mass is 362 g/mol. The lowest BCUT2D eigenvalue weighted by Gasteiger charge is -2.16. The summed E-state index contributed by atoms with van der Waals surface area (Å²) in [4.78, 5) is 19.6. The summed E-state index contributed by atoms with van der Waals surface area (Å²) >= 11 is 1.53. The molecular weight excluding hydrogens is 340 g/mol. The molecule has 0 radical (unpaired) electrons. The van der Waals surface area contributed by atoms with Crippen LogP contribution in [0.2, 0.25) is 0 Å². The van der Waals surface area contributed by atoms with E-state index in [9.17, 15) is 4.79 Å². The van der Waals surface area contributed by atoms with Crippen LogP contribution in [0, 0.1) is 0 Å². The maximum Gasteiger partial charge on any atom is 0.271 e. The Labute approximate surface area is 151 Å². The first-order chi connectivity index (χ1) is 12.1. The van der Waals surface area contributed by atoms with Crippen LogP contribution in [-0.2, 0) is 0 Å². The molecule has 25 heavy (non-hydrogen) atoms.